The van der Waals surface area contributed by atoms with Crippen LogP contribution in [0.2, 0.25) is 0 Å². The monoisotopic (exact) mass is 576 g/mol. The fraction of sp³-hybridized carbons (Fsp3) is 0.633. The summed E-state index contributed by atoms with van der Waals surface area (Å²) in [5, 5.41) is 5.18. The lowest BCUT2D eigenvalue weighted by atomic mass is 9.94. The minimum Gasteiger partial charge on any atom is -0.468 e. The van der Waals surface area contributed by atoms with E-state index in [1.54, 1.807) is 32.9 Å². The standard InChI is InChI=1S/C30H48N4O7/c1-8-9-10-11-12-18-34(28(38)23(16-17-24(31)35)33-29(39)41-30(4,5)6)26(27(37)32-19-25(36)40-7)22-15-13-14-20(2)21(22)3/h13-15,23,26H,8-12,16-19H2,1-7H3,(H2,31,35)(H,32,37)(H,33,39). The second-order valence-corrected chi connectivity index (χ2v) is 11.1. The summed E-state index contributed by atoms with van der Waals surface area (Å²) in [7, 11) is 1.22. The van der Waals surface area contributed by atoms with Crippen LogP contribution in [0.25, 0.3) is 0 Å². The number of methoxy groups -OCH3 is 1. The molecule has 4 N–H and O–H groups in total. The molecule has 41 heavy (non-hydrogen) atoms. The predicted octanol–water partition coefficient (Wildman–Crippen LogP) is 3.59. The first-order chi connectivity index (χ1) is 19.2. The minimum absolute atomic E-state index is 0.0803. The number of aryl methyl sites for hydroxylation is 1. The molecule has 0 aliphatic carbocycles. The number of primary amides is 1. The van der Waals surface area contributed by atoms with Crippen LogP contribution in [-0.4, -0.2) is 66.5 Å². The van der Waals surface area contributed by atoms with Gasteiger partial charge in [0.05, 0.1) is 7.11 Å². The number of hydrogen-bond donors (Lipinski definition) is 3. The number of nitrogens with one attached hydrogen (secondary N) is 2. The maximum Gasteiger partial charge on any atom is 0.408 e. The summed E-state index contributed by atoms with van der Waals surface area (Å²) < 4.78 is 10.0. The van der Waals surface area contributed by atoms with Crippen LogP contribution in [0.1, 0.15) is 95.4 Å². The van der Waals surface area contributed by atoms with Crippen molar-refractivity contribution in [3.8, 4) is 0 Å². The van der Waals surface area contributed by atoms with Crippen LogP contribution in [0.4, 0.5) is 4.79 Å². The van der Waals surface area contributed by atoms with Gasteiger partial charge in [-0.1, -0.05) is 50.8 Å². The highest BCUT2D eigenvalue weighted by molar-refractivity contribution is 5.93. The Morgan fingerprint density at radius 1 is 1.02 bits per heavy atom. The lowest BCUT2D eigenvalue weighted by Gasteiger charge is -2.35. The Bertz CT molecular complexity index is 1050. The quantitative estimate of drug-likeness (QED) is 0.200. The Labute approximate surface area is 243 Å². The van der Waals surface area contributed by atoms with Gasteiger partial charge in [-0.2, -0.15) is 0 Å². The highest BCUT2D eigenvalue weighted by atomic mass is 16.6. The molecule has 0 bridgehead atoms. The van der Waals surface area contributed by atoms with Crippen molar-refractivity contribution < 1.29 is 33.4 Å². The van der Waals surface area contributed by atoms with Crippen LogP contribution in [0.3, 0.4) is 0 Å². The highest BCUT2D eigenvalue weighted by Gasteiger charge is 2.37. The Kier molecular flexibility index (Phi) is 14.9. The summed E-state index contributed by atoms with van der Waals surface area (Å²) in [6.07, 6.45) is 3.39. The number of amides is 4. The van der Waals surface area contributed by atoms with Gasteiger partial charge in [0, 0.05) is 13.0 Å². The molecule has 0 aromatic heterocycles. The van der Waals surface area contributed by atoms with Crippen LogP contribution >= 0.6 is 0 Å². The van der Waals surface area contributed by atoms with Crippen LogP contribution < -0.4 is 16.4 Å². The Hall–Kier alpha value is -3.63. The van der Waals surface area contributed by atoms with Gasteiger partial charge in [0.2, 0.25) is 17.7 Å². The fourth-order valence-electron chi connectivity index (χ4n) is 4.29. The maximum absolute atomic E-state index is 14.2. The summed E-state index contributed by atoms with van der Waals surface area (Å²) >= 11 is 0. The van der Waals surface area contributed by atoms with E-state index in [-0.39, 0.29) is 25.9 Å². The Morgan fingerprint density at radius 3 is 2.27 bits per heavy atom. The number of rotatable bonds is 16. The molecule has 0 spiro atoms. The van der Waals surface area contributed by atoms with Crippen molar-refractivity contribution >= 4 is 29.8 Å². The molecule has 2 atom stereocenters. The molecular weight excluding hydrogens is 528 g/mol. The number of benzene rings is 1. The number of nitrogens with two attached hydrogens (primary N) is 1. The molecule has 1 aromatic carbocycles. The Morgan fingerprint density at radius 2 is 1.68 bits per heavy atom. The van der Waals surface area contributed by atoms with Crippen molar-refractivity contribution in [3.05, 3.63) is 34.9 Å². The molecule has 0 fully saturated rings. The molecule has 11 heteroatoms. The molecule has 0 radical (unpaired) electrons. The third-order valence-corrected chi connectivity index (χ3v) is 6.59. The van der Waals surface area contributed by atoms with Crippen molar-refractivity contribution in [2.24, 2.45) is 5.73 Å². The molecule has 0 aliphatic heterocycles. The van der Waals surface area contributed by atoms with Crippen molar-refractivity contribution in [2.75, 3.05) is 20.2 Å². The van der Waals surface area contributed by atoms with Gasteiger partial charge in [-0.3, -0.25) is 19.2 Å². The fourth-order valence-corrected chi connectivity index (χ4v) is 4.29. The SMILES string of the molecule is CCCCCCCN(C(=O)C(CCC(N)=O)NC(=O)OC(C)(C)C)C(C(=O)NCC(=O)OC)c1cccc(C)c1C. The van der Waals surface area contributed by atoms with Gasteiger partial charge in [0.1, 0.15) is 24.2 Å². The third-order valence-electron chi connectivity index (χ3n) is 6.59. The molecule has 2 unspecified atom stereocenters. The zero-order chi connectivity index (χ0) is 31.2. The average Bonchev–Trinajstić information content (AvgIpc) is 2.89. The van der Waals surface area contributed by atoms with Crippen molar-refractivity contribution in [1.29, 1.82) is 0 Å². The van der Waals surface area contributed by atoms with Gasteiger partial charge in [-0.05, 0) is 64.2 Å². The van der Waals surface area contributed by atoms with Crippen LogP contribution in [-0.2, 0) is 28.7 Å². The molecule has 0 heterocycles. The van der Waals surface area contributed by atoms with Crippen molar-refractivity contribution in [1.82, 2.24) is 15.5 Å². The number of alkyl carbamates (subject to hydrolysis) is 1. The summed E-state index contributed by atoms with van der Waals surface area (Å²) in [6, 6.07) is 3.16. The summed E-state index contributed by atoms with van der Waals surface area (Å²) in [5.74, 6) is -2.41. The van der Waals surface area contributed by atoms with Crippen molar-refractivity contribution in [2.45, 2.75) is 104 Å². The van der Waals surface area contributed by atoms with Gasteiger partial charge >= 0.3 is 12.1 Å². The highest BCUT2D eigenvalue weighted by Crippen LogP contribution is 2.28. The predicted molar refractivity (Wildman–Crippen MR) is 156 cm³/mol. The average molecular weight is 577 g/mol. The van der Waals surface area contributed by atoms with E-state index in [9.17, 15) is 24.0 Å². The number of ether oxygens (including phenoxy) is 2. The lowest BCUT2D eigenvalue weighted by molar-refractivity contribution is -0.145. The summed E-state index contributed by atoms with van der Waals surface area (Å²) in [4.78, 5) is 65.5. The molecule has 0 saturated carbocycles. The van der Waals surface area contributed by atoms with Crippen LogP contribution in [0, 0.1) is 13.8 Å². The lowest BCUT2D eigenvalue weighted by Crippen LogP contribution is -2.53. The molecule has 230 valence electrons. The second-order valence-electron chi connectivity index (χ2n) is 11.1. The molecule has 1 rings (SSSR count). The smallest absolute Gasteiger partial charge is 0.408 e. The largest absolute Gasteiger partial charge is 0.468 e. The molecule has 4 amide bonds. The zero-order valence-corrected chi connectivity index (χ0v) is 25.6. The maximum atomic E-state index is 14.2. The topological polar surface area (TPSA) is 157 Å². The van der Waals surface area contributed by atoms with E-state index < -0.39 is 47.5 Å². The van der Waals surface area contributed by atoms with Gasteiger partial charge in [0.25, 0.3) is 0 Å². The molecular formula is C30H48N4O7. The molecule has 1 aromatic rings. The number of carbonyl (C=O) groups is 5. The number of esters is 1. The first-order valence-corrected chi connectivity index (χ1v) is 14.2. The zero-order valence-electron chi connectivity index (χ0n) is 25.6. The van der Waals surface area contributed by atoms with E-state index in [0.29, 0.717) is 12.0 Å². The number of carbonyl (C=O) groups excluding carboxylic acids is 5. The number of hydrogen-bond acceptors (Lipinski definition) is 7. The van der Waals surface area contributed by atoms with E-state index in [2.05, 4.69) is 22.3 Å². The van der Waals surface area contributed by atoms with E-state index in [1.165, 1.54) is 12.0 Å². The van der Waals surface area contributed by atoms with Gasteiger partial charge in [0.15, 0.2) is 0 Å². The van der Waals surface area contributed by atoms with Gasteiger partial charge in [-0.25, -0.2) is 4.79 Å². The minimum atomic E-state index is -1.19. The number of nitrogens with zero attached hydrogens (tertiary/aromatic N) is 1. The van der Waals surface area contributed by atoms with Gasteiger partial charge < -0.3 is 30.7 Å². The number of unbranched alkanes of at least 4 members (excludes halogenated alkanes) is 4. The van der Waals surface area contributed by atoms with Crippen LogP contribution in [0.5, 0.6) is 0 Å². The normalized spacial score (nSPS) is 12.6. The van der Waals surface area contributed by atoms with E-state index in [4.69, 9.17) is 10.5 Å². The summed E-state index contributed by atoms with van der Waals surface area (Å²) in [5.41, 5.74) is 6.86. The van der Waals surface area contributed by atoms with E-state index in [0.717, 1.165) is 36.8 Å². The molecule has 0 aliphatic rings. The molecule has 11 nitrogen and oxygen atoms in total. The van der Waals surface area contributed by atoms with Crippen molar-refractivity contribution in [3.63, 3.8) is 0 Å². The van der Waals surface area contributed by atoms with Crippen LogP contribution in [0.15, 0.2) is 18.2 Å². The van der Waals surface area contributed by atoms with E-state index >= 15 is 0 Å². The Balaban J connectivity index is 3.58. The molecule has 0 saturated heterocycles. The van der Waals surface area contributed by atoms with E-state index in [1.807, 2.05) is 19.9 Å². The second kappa shape index (κ2) is 17.2. The summed E-state index contributed by atoms with van der Waals surface area (Å²) in [6.45, 7) is 10.8. The van der Waals surface area contributed by atoms with Gasteiger partial charge in [-0.15, -0.1) is 0 Å². The first-order valence-electron chi connectivity index (χ1n) is 14.2. The first kappa shape index (κ1) is 35.4. The third kappa shape index (κ3) is 12.6.